The average Bonchev–Trinajstić information content (AvgIpc) is 2.16. The Bertz CT molecular complexity index is 269. The summed E-state index contributed by atoms with van der Waals surface area (Å²) >= 11 is 0. The molecule has 0 saturated carbocycles. The molecule has 0 saturated heterocycles. The molecule has 0 aliphatic carbocycles. The Morgan fingerprint density at radius 2 is 1.86 bits per heavy atom. The van der Waals surface area contributed by atoms with Crippen molar-refractivity contribution in [3.05, 3.63) is 29.8 Å². The van der Waals surface area contributed by atoms with Gasteiger partial charge in [-0.15, -0.1) is 0 Å². The van der Waals surface area contributed by atoms with Gasteiger partial charge in [0.1, 0.15) is 5.75 Å². The van der Waals surface area contributed by atoms with Gasteiger partial charge in [-0.2, -0.15) is 0 Å². The number of phenols is 1. The van der Waals surface area contributed by atoms with E-state index in [1.165, 1.54) is 5.56 Å². The summed E-state index contributed by atoms with van der Waals surface area (Å²) in [7, 11) is 4.05. The van der Waals surface area contributed by atoms with Gasteiger partial charge >= 0.3 is 0 Å². The first-order valence-corrected chi connectivity index (χ1v) is 4.78. The molecule has 1 atom stereocenters. The quantitative estimate of drug-likeness (QED) is 0.746. The topological polar surface area (TPSA) is 49.5 Å². The van der Waals surface area contributed by atoms with Gasteiger partial charge in [0.25, 0.3) is 0 Å². The van der Waals surface area contributed by atoms with Crippen LogP contribution in [0.25, 0.3) is 0 Å². The molecule has 0 heterocycles. The summed E-state index contributed by atoms with van der Waals surface area (Å²) in [5.41, 5.74) is 6.86. The van der Waals surface area contributed by atoms with E-state index < -0.39 is 0 Å². The van der Waals surface area contributed by atoms with Gasteiger partial charge in [0.2, 0.25) is 0 Å². The molecule has 0 aliphatic heterocycles. The van der Waals surface area contributed by atoms with E-state index >= 15 is 0 Å². The Morgan fingerprint density at radius 3 is 2.29 bits per heavy atom. The summed E-state index contributed by atoms with van der Waals surface area (Å²) in [6, 6.07) is 7.64. The molecule has 1 aromatic carbocycles. The van der Waals surface area contributed by atoms with Gasteiger partial charge in [-0.3, -0.25) is 0 Å². The lowest BCUT2D eigenvalue weighted by molar-refractivity contribution is 0.298. The second-order valence-corrected chi connectivity index (χ2v) is 3.72. The number of hydrogen-bond donors (Lipinski definition) is 2. The van der Waals surface area contributed by atoms with E-state index in [0.717, 1.165) is 6.42 Å². The maximum Gasteiger partial charge on any atom is 0.115 e. The number of rotatable bonds is 4. The summed E-state index contributed by atoms with van der Waals surface area (Å²) < 4.78 is 0. The number of nitrogens with zero attached hydrogens (tertiary/aromatic N) is 1. The van der Waals surface area contributed by atoms with E-state index in [1.807, 2.05) is 26.2 Å². The third kappa shape index (κ3) is 3.01. The van der Waals surface area contributed by atoms with E-state index in [4.69, 9.17) is 10.8 Å². The first kappa shape index (κ1) is 11.0. The lowest BCUT2D eigenvalue weighted by Gasteiger charge is -2.22. The van der Waals surface area contributed by atoms with E-state index in [0.29, 0.717) is 18.3 Å². The maximum absolute atomic E-state index is 9.12. The number of benzene rings is 1. The van der Waals surface area contributed by atoms with Crippen LogP contribution in [-0.4, -0.2) is 36.7 Å². The zero-order chi connectivity index (χ0) is 10.6. The number of hydrogen-bond acceptors (Lipinski definition) is 3. The standard InChI is InChI=1S/C11H18N2O/c1-13(2)10(8-12)7-9-3-5-11(14)6-4-9/h3-6,10,14H,7-8,12H2,1-2H3. The van der Waals surface area contributed by atoms with Crippen molar-refractivity contribution in [3.8, 4) is 5.75 Å². The molecule has 1 rings (SSSR count). The largest absolute Gasteiger partial charge is 0.508 e. The molecule has 0 amide bonds. The molecule has 14 heavy (non-hydrogen) atoms. The van der Waals surface area contributed by atoms with Crippen molar-refractivity contribution in [2.45, 2.75) is 12.5 Å². The van der Waals surface area contributed by atoms with Crippen LogP contribution in [0.2, 0.25) is 0 Å². The van der Waals surface area contributed by atoms with E-state index in [2.05, 4.69) is 4.90 Å². The van der Waals surface area contributed by atoms with Crippen LogP contribution in [0.1, 0.15) is 5.56 Å². The van der Waals surface area contributed by atoms with Crippen molar-refractivity contribution in [1.82, 2.24) is 4.90 Å². The Labute approximate surface area is 85.2 Å². The second-order valence-electron chi connectivity index (χ2n) is 3.72. The molecule has 1 unspecified atom stereocenters. The fraction of sp³-hybridized carbons (Fsp3) is 0.455. The van der Waals surface area contributed by atoms with Gasteiger partial charge in [0.15, 0.2) is 0 Å². The lowest BCUT2D eigenvalue weighted by Crippen LogP contribution is -2.36. The Hall–Kier alpha value is -1.06. The molecule has 3 nitrogen and oxygen atoms in total. The highest BCUT2D eigenvalue weighted by molar-refractivity contribution is 5.26. The molecule has 0 fully saturated rings. The predicted octanol–water partition coefficient (Wildman–Crippen LogP) is 0.824. The monoisotopic (exact) mass is 194 g/mol. The highest BCUT2D eigenvalue weighted by atomic mass is 16.3. The van der Waals surface area contributed by atoms with Gasteiger partial charge in [-0.05, 0) is 38.2 Å². The van der Waals surface area contributed by atoms with Crippen LogP contribution in [-0.2, 0) is 6.42 Å². The fourth-order valence-electron chi connectivity index (χ4n) is 1.38. The predicted molar refractivity (Wildman–Crippen MR) is 58.3 cm³/mol. The minimum atomic E-state index is 0.308. The normalized spacial score (nSPS) is 13.1. The molecular formula is C11H18N2O. The van der Waals surface area contributed by atoms with Gasteiger partial charge in [0.05, 0.1) is 0 Å². The zero-order valence-electron chi connectivity index (χ0n) is 8.77. The van der Waals surface area contributed by atoms with Crippen LogP contribution >= 0.6 is 0 Å². The molecule has 0 aromatic heterocycles. The van der Waals surface area contributed by atoms with E-state index in [1.54, 1.807) is 12.1 Å². The lowest BCUT2D eigenvalue weighted by atomic mass is 10.1. The first-order valence-electron chi connectivity index (χ1n) is 4.78. The average molecular weight is 194 g/mol. The molecule has 1 aromatic rings. The van der Waals surface area contributed by atoms with Crippen molar-refractivity contribution in [3.63, 3.8) is 0 Å². The van der Waals surface area contributed by atoms with Crippen molar-refractivity contribution in [2.24, 2.45) is 5.73 Å². The van der Waals surface area contributed by atoms with E-state index in [-0.39, 0.29) is 0 Å². The summed E-state index contributed by atoms with van der Waals surface area (Å²) in [6.45, 7) is 0.647. The minimum absolute atomic E-state index is 0.308. The molecule has 0 bridgehead atoms. The Morgan fingerprint density at radius 1 is 1.29 bits per heavy atom. The number of nitrogens with two attached hydrogens (primary N) is 1. The zero-order valence-corrected chi connectivity index (χ0v) is 8.77. The van der Waals surface area contributed by atoms with Crippen molar-refractivity contribution in [2.75, 3.05) is 20.6 Å². The van der Waals surface area contributed by atoms with Crippen LogP contribution in [0.3, 0.4) is 0 Å². The van der Waals surface area contributed by atoms with Crippen LogP contribution in [0, 0.1) is 0 Å². The summed E-state index contributed by atoms with van der Waals surface area (Å²) in [4.78, 5) is 2.12. The summed E-state index contributed by atoms with van der Waals surface area (Å²) in [6.07, 6.45) is 0.920. The molecule has 0 spiro atoms. The molecular weight excluding hydrogens is 176 g/mol. The van der Waals surface area contributed by atoms with Crippen LogP contribution in [0.4, 0.5) is 0 Å². The Balaban J connectivity index is 2.63. The Kier molecular flexibility index (Phi) is 3.92. The second kappa shape index (κ2) is 4.98. The molecule has 0 radical (unpaired) electrons. The van der Waals surface area contributed by atoms with E-state index in [9.17, 15) is 0 Å². The number of likely N-dealkylation sites (N-methyl/N-ethyl adjacent to an activating group) is 1. The van der Waals surface area contributed by atoms with Crippen LogP contribution in [0.15, 0.2) is 24.3 Å². The van der Waals surface area contributed by atoms with Crippen LogP contribution in [0.5, 0.6) is 5.75 Å². The van der Waals surface area contributed by atoms with Crippen molar-refractivity contribution in [1.29, 1.82) is 0 Å². The molecule has 3 heteroatoms. The summed E-state index contributed by atoms with van der Waals surface area (Å²) in [5.74, 6) is 0.308. The molecule has 0 aliphatic rings. The smallest absolute Gasteiger partial charge is 0.115 e. The highest BCUT2D eigenvalue weighted by Gasteiger charge is 2.09. The van der Waals surface area contributed by atoms with Crippen LogP contribution < -0.4 is 5.73 Å². The van der Waals surface area contributed by atoms with Gasteiger partial charge in [0, 0.05) is 12.6 Å². The van der Waals surface area contributed by atoms with Gasteiger partial charge < -0.3 is 15.7 Å². The molecule has 78 valence electrons. The number of aromatic hydroxyl groups is 1. The van der Waals surface area contributed by atoms with Gasteiger partial charge in [-0.1, -0.05) is 12.1 Å². The van der Waals surface area contributed by atoms with Crippen molar-refractivity contribution >= 4 is 0 Å². The van der Waals surface area contributed by atoms with Crippen molar-refractivity contribution < 1.29 is 5.11 Å². The minimum Gasteiger partial charge on any atom is -0.508 e. The number of phenolic OH excluding ortho intramolecular Hbond substituents is 1. The SMILES string of the molecule is CN(C)C(CN)Cc1ccc(O)cc1. The molecule has 3 N–H and O–H groups in total. The third-order valence-corrected chi connectivity index (χ3v) is 2.41. The third-order valence-electron chi connectivity index (χ3n) is 2.41. The summed E-state index contributed by atoms with van der Waals surface area (Å²) in [5, 5.41) is 9.12. The fourth-order valence-corrected chi connectivity index (χ4v) is 1.38. The first-order chi connectivity index (χ1) is 6.63. The maximum atomic E-state index is 9.12. The van der Waals surface area contributed by atoms with Gasteiger partial charge in [-0.25, -0.2) is 0 Å². The highest BCUT2D eigenvalue weighted by Crippen LogP contribution is 2.12.